The fourth-order valence-corrected chi connectivity index (χ4v) is 1.13. The van der Waals surface area contributed by atoms with E-state index in [0.717, 1.165) is 5.56 Å². The fourth-order valence-electron chi connectivity index (χ4n) is 1.13. The number of ether oxygens (including phenoxy) is 1. The van der Waals surface area contributed by atoms with E-state index in [1.54, 1.807) is 37.3 Å². The molecule has 0 aliphatic rings. The highest BCUT2D eigenvalue weighted by Crippen LogP contribution is 2.13. The number of esters is 1. The highest BCUT2D eigenvalue weighted by atomic mass is 16.5. The zero-order chi connectivity index (χ0) is 12.0. The van der Waals surface area contributed by atoms with E-state index < -0.39 is 5.97 Å². The Bertz CT molecular complexity index is 390. The number of benzene rings is 1. The summed E-state index contributed by atoms with van der Waals surface area (Å²) in [6, 6.07) is 6.92. The number of Topliss-reactive ketones (excluding diaryl/α,β-unsaturated/α-hetero) is 1. The molecule has 0 aliphatic carbocycles. The Hall–Kier alpha value is -1.90. The molecule has 84 valence electrons. The van der Waals surface area contributed by atoms with Crippen LogP contribution >= 0.6 is 0 Å². The van der Waals surface area contributed by atoms with Gasteiger partial charge in [0, 0.05) is 6.42 Å². The molecule has 0 radical (unpaired) electrons. The average molecular weight is 218 g/mol. The summed E-state index contributed by atoms with van der Waals surface area (Å²) >= 11 is 0. The van der Waals surface area contributed by atoms with Crippen molar-refractivity contribution >= 4 is 17.8 Å². The topological polar surface area (TPSA) is 43.4 Å². The van der Waals surface area contributed by atoms with E-state index >= 15 is 0 Å². The SMILES string of the molecule is C=Cc1ccc(OC(=O)CC(=O)CC)cc1. The van der Waals surface area contributed by atoms with Crippen LogP contribution < -0.4 is 4.74 Å². The lowest BCUT2D eigenvalue weighted by Gasteiger charge is -2.03. The molecule has 0 aliphatic heterocycles. The third-order valence-corrected chi connectivity index (χ3v) is 2.08. The van der Waals surface area contributed by atoms with Gasteiger partial charge in [-0.2, -0.15) is 0 Å². The summed E-state index contributed by atoms with van der Waals surface area (Å²) in [5.41, 5.74) is 0.949. The first-order valence-electron chi connectivity index (χ1n) is 5.10. The van der Waals surface area contributed by atoms with E-state index in [1.807, 2.05) is 0 Å². The van der Waals surface area contributed by atoms with Crippen LogP contribution in [0.25, 0.3) is 6.08 Å². The second-order valence-corrected chi connectivity index (χ2v) is 3.32. The zero-order valence-corrected chi connectivity index (χ0v) is 9.23. The molecule has 0 aromatic heterocycles. The minimum atomic E-state index is -0.516. The maximum Gasteiger partial charge on any atom is 0.318 e. The van der Waals surface area contributed by atoms with Gasteiger partial charge < -0.3 is 4.74 Å². The molecule has 0 unspecified atom stereocenters. The first-order chi connectivity index (χ1) is 7.65. The average Bonchev–Trinajstić information content (AvgIpc) is 2.29. The second-order valence-electron chi connectivity index (χ2n) is 3.32. The monoisotopic (exact) mass is 218 g/mol. The van der Waals surface area contributed by atoms with Crippen molar-refractivity contribution in [2.45, 2.75) is 19.8 Å². The van der Waals surface area contributed by atoms with Gasteiger partial charge in [-0.25, -0.2) is 0 Å². The summed E-state index contributed by atoms with van der Waals surface area (Å²) < 4.78 is 4.99. The molecule has 0 atom stereocenters. The molecule has 1 rings (SSSR count). The molecule has 0 bridgehead atoms. The molecule has 0 saturated heterocycles. The van der Waals surface area contributed by atoms with Crippen LogP contribution in [0.15, 0.2) is 30.8 Å². The van der Waals surface area contributed by atoms with Crippen molar-refractivity contribution in [1.29, 1.82) is 0 Å². The molecule has 0 saturated carbocycles. The number of hydrogen-bond donors (Lipinski definition) is 0. The lowest BCUT2D eigenvalue weighted by Crippen LogP contribution is -2.13. The number of hydrogen-bond acceptors (Lipinski definition) is 3. The van der Waals surface area contributed by atoms with Crippen LogP contribution in [-0.4, -0.2) is 11.8 Å². The minimum absolute atomic E-state index is 0.118. The Labute approximate surface area is 94.7 Å². The van der Waals surface area contributed by atoms with Crippen molar-refractivity contribution in [2.75, 3.05) is 0 Å². The van der Waals surface area contributed by atoms with Gasteiger partial charge in [0.05, 0.1) is 0 Å². The van der Waals surface area contributed by atoms with Crippen molar-refractivity contribution in [3.63, 3.8) is 0 Å². The Morgan fingerprint density at radius 3 is 2.44 bits per heavy atom. The van der Waals surface area contributed by atoms with Gasteiger partial charge in [-0.3, -0.25) is 9.59 Å². The summed E-state index contributed by atoms with van der Waals surface area (Å²) in [6.45, 7) is 5.34. The van der Waals surface area contributed by atoms with E-state index in [0.29, 0.717) is 12.2 Å². The highest BCUT2D eigenvalue weighted by Gasteiger charge is 2.09. The van der Waals surface area contributed by atoms with Crippen LogP contribution in [0.1, 0.15) is 25.3 Å². The largest absolute Gasteiger partial charge is 0.426 e. The third-order valence-electron chi connectivity index (χ3n) is 2.08. The van der Waals surface area contributed by atoms with Gasteiger partial charge in [0.15, 0.2) is 0 Å². The quantitative estimate of drug-likeness (QED) is 0.433. The normalized spacial score (nSPS) is 9.56. The van der Waals surface area contributed by atoms with Crippen LogP contribution in [0.2, 0.25) is 0 Å². The molecule has 0 fully saturated rings. The molecule has 16 heavy (non-hydrogen) atoms. The third kappa shape index (κ3) is 3.69. The zero-order valence-electron chi connectivity index (χ0n) is 9.23. The lowest BCUT2D eigenvalue weighted by atomic mass is 10.2. The van der Waals surface area contributed by atoms with Crippen molar-refractivity contribution in [3.8, 4) is 5.75 Å². The maximum atomic E-state index is 11.3. The molecular formula is C13H14O3. The Morgan fingerprint density at radius 1 is 1.31 bits per heavy atom. The number of ketones is 1. The standard InChI is InChI=1S/C13H14O3/c1-3-10-5-7-12(8-6-10)16-13(15)9-11(14)4-2/h3,5-8H,1,4,9H2,2H3. The van der Waals surface area contributed by atoms with Crippen LogP contribution in [0, 0.1) is 0 Å². The van der Waals surface area contributed by atoms with Crippen LogP contribution in [0.4, 0.5) is 0 Å². The van der Waals surface area contributed by atoms with Gasteiger partial charge in [-0.05, 0) is 17.7 Å². The Morgan fingerprint density at radius 2 is 1.94 bits per heavy atom. The van der Waals surface area contributed by atoms with Crippen LogP contribution in [0.3, 0.4) is 0 Å². The number of rotatable bonds is 5. The molecule has 3 heteroatoms. The Balaban J connectivity index is 2.56. The van der Waals surface area contributed by atoms with Gasteiger partial charge >= 0.3 is 5.97 Å². The summed E-state index contributed by atoms with van der Waals surface area (Å²) in [5.74, 6) is -0.189. The van der Waals surface area contributed by atoms with Gasteiger partial charge in [-0.15, -0.1) is 0 Å². The smallest absolute Gasteiger partial charge is 0.318 e. The van der Waals surface area contributed by atoms with Gasteiger partial charge in [0.1, 0.15) is 18.0 Å². The highest BCUT2D eigenvalue weighted by molar-refractivity contribution is 5.96. The second kappa shape index (κ2) is 5.85. The van der Waals surface area contributed by atoms with Gasteiger partial charge in [0.2, 0.25) is 0 Å². The summed E-state index contributed by atoms with van der Waals surface area (Å²) in [5, 5.41) is 0. The van der Waals surface area contributed by atoms with Gasteiger partial charge in [0.25, 0.3) is 0 Å². The summed E-state index contributed by atoms with van der Waals surface area (Å²) in [4.78, 5) is 22.3. The number of carbonyl (C=O) groups is 2. The lowest BCUT2D eigenvalue weighted by molar-refractivity contribution is -0.137. The van der Waals surface area contributed by atoms with E-state index in [9.17, 15) is 9.59 Å². The van der Waals surface area contributed by atoms with E-state index in [1.165, 1.54) is 0 Å². The summed E-state index contributed by atoms with van der Waals surface area (Å²) in [7, 11) is 0. The van der Waals surface area contributed by atoms with Crippen molar-refractivity contribution < 1.29 is 14.3 Å². The molecule has 0 heterocycles. The summed E-state index contributed by atoms with van der Waals surface area (Å²) in [6.07, 6.45) is 1.89. The van der Waals surface area contributed by atoms with E-state index in [-0.39, 0.29) is 12.2 Å². The number of carbonyl (C=O) groups excluding carboxylic acids is 2. The molecule has 1 aromatic carbocycles. The van der Waals surface area contributed by atoms with Gasteiger partial charge in [-0.1, -0.05) is 31.7 Å². The van der Waals surface area contributed by atoms with Crippen LogP contribution in [0.5, 0.6) is 5.75 Å². The van der Waals surface area contributed by atoms with Crippen molar-refractivity contribution in [1.82, 2.24) is 0 Å². The van der Waals surface area contributed by atoms with Crippen molar-refractivity contribution in [2.24, 2.45) is 0 Å². The van der Waals surface area contributed by atoms with E-state index in [2.05, 4.69) is 6.58 Å². The minimum Gasteiger partial charge on any atom is -0.426 e. The molecule has 1 aromatic rings. The molecule has 0 spiro atoms. The van der Waals surface area contributed by atoms with Crippen molar-refractivity contribution in [3.05, 3.63) is 36.4 Å². The van der Waals surface area contributed by atoms with Crippen LogP contribution in [-0.2, 0) is 9.59 Å². The Kier molecular flexibility index (Phi) is 4.45. The maximum absolute atomic E-state index is 11.3. The molecule has 0 N–H and O–H groups in total. The predicted octanol–water partition coefficient (Wildman–Crippen LogP) is 2.60. The molecule has 3 nitrogen and oxygen atoms in total. The first kappa shape index (κ1) is 12.2. The molecule has 0 amide bonds. The molecular weight excluding hydrogens is 204 g/mol. The van der Waals surface area contributed by atoms with E-state index in [4.69, 9.17) is 4.74 Å². The fraction of sp³-hybridized carbons (Fsp3) is 0.231. The first-order valence-corrected chi connectivity index (χ1v) is 5.10. The predicted molar refractivity (Wildman–Crippen MR) is 62.1 cm³/mol.